The zero-order valence-corrected chi connectivity index (χ0v) is 19.9. The molecule has 11 nitrogen and oxygen atoms in total. The maximum Gasteiger partial charge on any atom is 0.240 e. The number of carbonyl (C=O) groups excluding carboxylic acids is 2. The van der Waals surface area contributed by atoms with Gasteiger partial charge < -0.3 is 30.0 Å². The summed E-state index contributed by atoms with van der Waals surface area (Å²) in [6.45, 7) is 0.698. The van der Waals surface area contributed by atoms with E-state index in [1.807, 2.05) is 16.3 Å². The molecule has 0 radical (unpaired) electrons. The number of carbonyl (C=O) groups is 2. The van der Waals surface area contributed by atoms with Gasteiger partial charge in [0.1, 0.15) is 12.4 Å². The molecule has 1 saturated heterocycles. The van der Waals surface area contributed by atoms with Gasteiger partial charge in [-0.25, -0.2) is 9.97 Å². The predicted octanol–water partition coefficient (Wildman–Crippen LogP) is 2.90. The number of aldehydes is 1. The van der Waals surface area contributed by atoms with Gasteiger partial charge in [0.15, 0.2) is 29.4 Å². The summed E-state index contributed by atoms with van der Waals surface area (Å²) in [5, 5.41) is 5.09. The highest BCUT2D eigenvalue weighted by Crippen LogP contribution is 2.35. The summed E-state index contributed by atoms with van der Waals surface area (Å²) in [5.41, 5.74) is 7.43. The Labute approximate surface area is 204 Å². The molecular weight excluding hydrogens is 470 g/mol. The third-order valence-corrected chi connectivity index (χ3v) is 6.78. The van der Waals surface area contributed by atoms with Gasteiger partial charge in [-0.2, -0.15) is 4.98 Å². The van der Waals surface area contributed by atoms with Crippen LogP contribution in [0.15, 0.2) is 36.1 Å². The van der Waals surface area contributed by atoms with Gasteiger partial charge in [0, 0.05) is 12.6 Å². The molecule has 0 aliphatic carbocycles. The van der Waals surface area contributed by atoms with Crippen LogP contribution in [0.1, 0.15) is 23.2 Å². The van der Waals surface area contributed by atoms with Crippen LogP contribution in [-0.2, 0) is 4.79 Å². The average molecular weight is 494 g/mol. The molecule has 1 aromatic carbocycles. The molecule has 35 heavy (non-hydrogen) atoms. The van der Waals surface area contributed by atoms with Crippen molar-refractivity contribution in [1.29, 1.82) is 0 Å². The van der Waals surface area contributed by atoms with Gasteiger partial charge in [-0.15, -0.1) is 11.3 Å². The monoisotopic (exact) mass is 493 g/mol. The lowest BCUT2D eigenvalue weighted by Gasteiger charge is -2.24. The van der Waals surface area contributed by atoms with Crippen LogP contribution in [0, 0.1) is 0 Å². The molecule has 180 valence electrons. The number of fused-ring (bicyclic) bond motifs is 1. The summed E-state index contributed by atoms with van der Waals surface area (Å²) in [6.07, 6.45) is 5.63. The highest BCUT2D eigenvalue weighted by Gasteiger charge is 2.32. The lowest BCUT2D eigenvalue weighted by Crippen LogP contribution is -2.40. The molecule has 3 N–H and O–H groups in total. The number of aromatic nitrogens is 4. The number of thiophene rings is 1. The van der Waals surface area contributed by atoms with Gasteiger partial charge in [-0.05, 0) is 30.4 Å². The zero-order chi connectivity index (χ0) is 24.5. The van der Waals surface area contributed by atoms with E-state index >= 15 is 0 Å². The Morgan fingerprint density at radius 2 is 2.14 bits per heavy atom. The fourth-order valence-electron chi connectivity index (χ4n) is 4.27. The molecule has 1 atom stereocenters. The molecular formula is C23H23N7O4S. The standard InChI is InChI=1S/C23H23N7O4S/c1-33-17-9-14(8-13(11-31)19(17)34-2)29-10-18(25-12-29)27-23-26-15-5-7-35-20(15)22(28-23)30-6-3-4-16(30)21(24)32/h5,7-12,16H,3-4,6H2,1-2H3,(H2,24,32)(H,26,27,28)/t16-/m0/s1. The van der Waals surface area contributed by atoms with Crippen LogP contribution in [-0.4, -0.2) is 58.5 Å². The average Bonchev–Trinajstić information content (AvgIpc) is 3.63. The fraction of sp³-hybridized carbons (Fsp3) is 0.261. The molecule has 4 aromatic rings. The molecule has 0 unspecified atom stereocenters. The molecule has 1 aliphatic rings. The molecule has 4 heterocycles. The van der Waals surface area contributed by atoms with Gasteiger partial charge in [0.05, 0.1) is 41.9 Å². The van der Waals surface area contributed by atoms with E-state index in [1.54, 1.807) is 29.2 Å². The molecule has 0 saturated carbocycles. The molecule has 1 amide bonds. The van der Waals surface area contributed by atoms with E-state index in [4.69, 9.17) is 20.2 Å². The van der Waals surface area contributed by atoms with Gasteiger partial charge in [0.2, 0.25) is 11.9 Å². The first-order chi connectivity index (χ1) is 17.0. The van der Waals surface area contributed by atoms with E-state index < -0.39 is 0 Å². The first-order valence-corrected chi connectivity index (χ1v) is 11.7. The number of primary amides is 1. The second kappa shape index (κ2) is 9.22. The SMILES string of the molecule is COc1cc(-n2cnc(Nc3nc(N4CCC[C@H]4C(N)=O)c4sccc4n3)c2)cc(C=O)c1OC. The third kappa shape index (κ3) is 4.12. The minimum absolute atomic E-state index is 0.354. The van der Waals surface area contributed by atoms with Gasteiger partial charge in [-0.3, -0.25) is 9.59 Å². The summed E-state index contributed by atoms with van der Waals surface area (Å²) in [4.78, 5) is 39.2. The van der Waals surface area contributed by atoms with Crippen LogP contribution in [0.3, 0.4) is 0 Å². The normalized spacial score (nSPS) is 15.4. The first-order valence-electron chi connectivity index (χ1n) is 10.9. The molecule has 12 heteroatoms. The minimum atomic E-state index is -0.390. The molecule has 0 bridgehead atoms. The Bertz CT molecular complexity index is 1420. The highest BCUT2D eigenvalue weighted by molar-refractivity contribution is 7.17. The van der Waals surface area contributed by atoms with Crippen LogP contribution in [0.5, 0.6) is 11.5 Å². The van der Waals surface area contributed by atoms with Crippen LogP contribution < -0.4 is 25.4 Å². The maximum atomic E-state index is 12.0. The minimum Gasteiger partial charge on any atom is -0.493 e. The lowest BCUT2D eigenvalue weighted by atomic mass is 10.1. The summed E-state index contributed by atoms with van der Waals surface area (Å²) in [7, 11) is 2.99. The number of ether oxygens (including phenoxy) is 2. The predicted molar refractivity (Wildman–Crippen MR) is 132 cm³/mol. The summed E-state index contributed by atoms with van der Waals surface area (Å²) >= 11 is 1.52. The maximum absolute atomic E-state index is 12.0. The van der Waals surface area contributed by atoms with Crippen molar-refractivity contribution in [2.75, 3.05) is 31.0 Å². The number of nitrogens with two attached hydrogens (primary N) is 1. The number of nitrogens with one attached hydrogen (secondary N) is 1. The zero-order valence-electron chi connectivity index (χ0n) is 19.1. The Morgan fingerprint density at radius 3 is 2.89 bits per heavy atom. The van der Waals surface area contributed by atoms with Crippen molar-refractivity contribution in [3.05, 3.63) is 41.7 Å². The number of hydrogen-bond acceptors (Lipinski definition) is 10. The molecule has 1 fully saturated rings. The van der Waals surface area contributed by atoms with Gasteiger partial charge in [-0.1, -0.05) is 0 Å². The van der Waals surface area contributed by atoms with E-state index in [0.29, 0.717) is 59.6 Å². The van der Waals surface area contributed by atoms with Crippen molar-refractivity contribution in [3.8, 4) is 17.2 Å². The smallest absolute Gasteiger partial charge is 0.240 e. The Hall–Kier alpha value is -4.19. The Morgan fingerprint density at radius 1 is 1.29 bits per heavy atom. The van der Waals surface area contributed by atoms with Crippen LogP contribution in [0.4, 0.5) is 17.6 Å². The van der Waals surface area contributed by atoms with Crippen molar-refractivity contribution < 1.29 is 19.1 Å². The number of benzene rings is 1. The van der Waals surface area contributed by atoms with E-state index in [2.05, 4.69) is 15.3 Å². The highest BCUT2D eigenvalue weighted by atomic mass is 32.1. The lowest BCUT2D eigenvalue weighted by molar-refractivity contribution is -0.119. The number of anilines is 3. The molecule has 5 rings (SSSR count). The van der Waals surface area contributed by atoms with Crippen LogP contribution in [0.25, 0.3) is 15.9 Å². The number of methoxy groups -OCH3 is 2. The van der Waals surface area contributed by atoms with Crippen molar-refractivity contribution in [3.63, 3.8) is 0 Å². The van der Waals surface area contributed by atoms with Crippen molar-refractivity contribution in [2.45, 2.75) is 18.9 Å². The second-order valence-corrected chi connectivity index (χ2v) is 8.86. The van der Waals surface area contributed by atoms with Crippen molar-refractivity contribution in [1.82, 2.24) is 19.5 Å². The number of nitrogens with zero attached hydrogens (tertiary/aromatic N) is 5. The third-order valence-electron chi connectivity index (χ3n) is 5.88. The van der Waals surface area contributed by atoms with E-state index in [9.17, 15) is 9.59 Å². The Balaban J connectivity index is 1.47. The second-order valence-electron chi connectivity index (χ2n) is 7.94. The van der Waals surface area contributed by atoms with Gasteiger partial charge in [0.25, 0.3) is 0 Å². The van der Waals surface area contributed by atoms with Crippen LogP contribution in [0.2, 0.25) is 0 Å². The van der Waals surface area contributed by atoms with Crippen molar-refractivity contribution >= 4 is 51.3 Å². The number of amides is 1. The quantitative estimate of drug-likeness (QED) is 0.355. The van der Waals surface area contributed by atoms with E-state index in [0.717, 1.165) is 16.6 Å². The first kappa shape index (κ1) is 22.6. The summed E-state index contributed by atoms with van der Waals surface area (Å²) in [5.74, 6) is 1.98. The molecule has 0 spiro atoms. The number of rotatable bonds is 8. The Kier molecular flexibility index (Phi) is 5.95. The fourth-order valence-corrected chi connectivity index (χ4v) is 5.11. The van der Waals surface area contributed by atoms with E-state index in [1.165, 1.54) is 25.6 Å². The van der Waals surface area contributed by atoms with Gasteiger partial charge >= 0.3 is 0 Å². The summed E-state index contributed by atoms with van der Waals surface area (Å²) < 4.78 is 13.3. The number of imidazole rings is 1. The summed E-state index contributed by atoms with van der Waals surface area (Å²) in [6, 6.07) is 4.96. The number of hydrogen-bond donors (Lipinski definition) is 2. The molecule has 3 aromatic heterocycles. The molecule has 1 aliphatic heterocycles. The van der Waals surface area contributed by atoms with Crippen molar-refractivity contribution in [2.24, 2.45) is 5.73 Å². The largest absolute Gasteiger partial charge is 0.493 e. The van der Waals surface area contributed by atoms with E-state index in [-0.39, 0.29) is 11.9 Å². The van der Waals surface area contributed by atoms with Crippen LogP contribution >= 0.6 is 11.3 Å². The topological polar surface area (TPSA) is 137 Å².